The molecule has 1 rings (SSSR count). The summed E-state index contributed by atoms with van der Waals surface area (Å²) in [5.74, 6) is -1.38. The number of hydrogen-bond donors (Lipinski definition) is 0. The Kier molecular flexibility index (Phi) is 6.92. The molecule has 0 unspecified atom stereocenters. The average Bonchev–Trinajstić information content (AvgIpc) is 2.63. The molecule has 0 saturated carbocycles. The van der Waals surface area contributed by atoms with Gasteiger partial charge in [-0.15, -0.1) is 10.2 Å². The normalized spacial score (nSPS) is 10.5. The Hall–Kier alpha value is -0.700. The van der Waals surface area contributed by atoms with Gasteiger partial charge in [-0.2, -0.15) is 0 Å². The quantitative estimate of drug-likeness (QED) is 0.562. The van der Waals surface area contributed by atoms with E-state index >= 15 is 0 Å². The second-order valence-electron chi connectivity index (χ2n) is 4.62. The van der Waals surface area contributed by atoms with Crippen molar-refractivity contribution >= 4 is 23.4 Å². The van der Waals surface area contributed by atoms with Crippen LogP contribution in [0.1, 0.15) is 35.6 Å². The third-order valence-electron chi connectivity index (χ3n) is 1.72. The van der Waals surface area contributed by atoms with Crippen LogP contribution >= 0.6 is 11.3 Å². The van der Waals surface area contributed by atoms with Crippen molar-refractivity contribution in [1.82, 2.24) is 15.1 Å². The van der Waals surface area contributed by atoms with E-state index in [1.54, 1.807) is 20.8 Å². The van der Waals surface area contributed by atoms with Crippen molar-refractivity contribution in [2.24, 2.45) is 0 Å². The fourth-order valence-corrected chi connectivity index (χ4v) is 1.74. The summed E-state index contributed by atoms with van der Waals surface area (Å²) in [6.07, 6.45) is -0.507. The molecular formula is C10H14N3NaO4S. The third kappa shape index (κ3) is 6.33. The van der Waals surface area contributed by atoms with E-state index in [1.165, 1.54) is 11.9 Å². The number of hydrogen-bond acceptors (Lipinski definition) is 7. The van der Waals surface area contributed by atoms with Crippen LogP contribution in [0.4, 0.5) is 4.79 Å². The van der Waals surface area contributed by atoms with Gasteiger partial charge >= 0.3 is 35.7 Å². The molecule has 0 atom stereocenters. The Labute approximate surface area is 137 Å². The van der Waals surface area contributed by atoms with E-state index < -0.39 is 17.7 Å². The van der Waals surface area contributed by atoms with Crippen molar-refractivity contribution in [2.45, 2.75) is 32.9 Å². The molecule has 0 aliphatic heterocycles. The number of carbonyl (C=O) groups is 2. The number of carboxylic acids is 1. The second kappa shape index (κ2) is 7.18. The van der Waals surface area contributed by atoms with Crippen molar-refractivity contribution in [3.8, 4) is 0 Å². The van der Waals surface area contributed by atoms with E-state index in [-0.39, 0.29) is 41.1 Å². The van der Waals surface area contributed by atoms with Gasteiger partial charge in [-0.25, -0.2) is 4.79 Å². The summed E-state index contributed by atoms with van der Waals surface area (Å²) >= 11 is 0.871. The molecule has 0 aliphatic rings. The monoisotopic (exact) mass is 295 g/mol. The zero-order chi connectivity index (χ0) is 13.9. The van der Waals surface area contributed by atoms with Crippen molar-refractivity contribution in [1.29, 1.82) is 0 Å². The van der Waals surface area contributed by atoms with Crippen LogP contribution in [0.5, 0.6) is 0 Å². The zero-order valence-electron chi connectivity index (χ0n) is 11.6. The van der Waals surface area contributed by atoms with Crippen LogP contribution in [0, 0.1) is 0 Å². The fourth-order valence-electron chi connectivity index (χ4n) is 1.01. The Morgan fingerprint density at radius 3 is 2.37 bits per heavy atom. The van der Waals surface area contributed by atoms with Crippen LogP contribution in [0.2, 0.25) is 0 Å². The summed E-state index contributed by atoms with van der Waals surface area (Å²) in [6, 6.07) is 0. The number of rotatable bonds is 3. The van der Waals surface area contributed by atoms with Crippen LogP contribution in [-0.4, -0.2) is 39.8 Å². The van der Waals surface area contributed by atoms with Crippen LogP contribution in [0.3, 0.4) is 0 Å². The summed E-state index contributed by atoms with van der Waals surface area (Å²) < 4.78 is 5.14. The Morgan fingerprint density at radius 1 is 1.37 bits per heavy atom. The largest absolute Gasteiger partial charge is 1.00 e. The molecular weight excluding hydrogens is 281 g/mol. The maximum atomic E-state index is 11.6. The molecule has 0 aliphatic carbocycles. The van der Waals surface area contributed by atoms with Gasteiger partial charge in [0.25, 0.3) is 0 Å². The van der Waals surface area contributed by atoms with Gasteiger partial charge in [0, 0.05) is 7.05 Å². The molecule has 0 aromatic carbocycles. The Balaban J connectivity index is 0.00000324. The number of aromatic nitrogens is 2. The first-order valence-electron chi connectivity index (χ1n) is 5.17. The van der Waals surface area contributed by atoms with Crippen LogP contribution in [0.25, 0.3) is 0 Å². The van der Waals surface area contributed by atoms with Crippen molar-refractivity contribution < 1.29 is 49.0 Å². The molecule has 0 radical (unpaired) electrons. The minimum Gasteiger partial charge on any atom is -0.542 e. The molecule has 0 fully saturated rings. The minimum atomic E-state index is -1.38. The standard InChI is InChI=1S/C10H15N3O4S.Na/c1-10(2,3)17-9(16)13(4)5-6-11-12-7(18-6)8(14)15;/h5H2,1-4H3,(H,14,15);/q;+1/p-1. The van der Waals surface area contributed by atoms with E-state index in [9.17, 15) is 14.7 Å². The first kappa shape index (κ1) is 18.3. The summed E-state index contributed by atoms with van der Waals surface area (Å²) in [6.45, 7) is 5.42. The first-order chi connectivity index (χ1) is 8.19. The molecule has 9 heteroatoms. The number of nitrogens with zero attached hydrogens (tertiary/aromatic N) is 3. The van der Waals surface area contributed by atoms with Gasteiger partial charge in [-0.3, -0.25) is 0 Å². The molecule has 0 spiro atoms. The van der Waals surface area contributed by atoms with Gasteiger partial charge in [0.2, 0.25) is 0 Å². The molecule has 19 heavy (non-hydrogen) atoms. The second-order valence-corrected chi connectivity index (χ2v) is 5.69. The van der Waals surface area contributed by atoms with Crippen LogP contribution in [-0.2, 0) is 11.3 Å². The topological polar surface area (TPSA) is 95.5 Å². The maximum absolute atomic E-state index is 11.6. The molecule has 1 aromatic rings. The molecule has 0 bridgehead atoms. The average molecular weight is 295 g/mol. The Bertz CT molecular complexity index is 458. The summed E-state index contributed by atoms with van der Waals surface area (Å²) in [7, 11) is 1.54. The summed E-state index contributed by atoms with van der Waals surface area (Å²) in [4.78, 5) is 23.4. The van der Waals surface area contributed by atoms with Gasteiger partial charge in [-0.05, 0) is 20.8 Å². The van der Waals surface area contributed by atoms with Crippen LogP contribution < -0.4 is 34.7 Å². The molecule has 1 aromatic heterocycles. The number of aromatic carboxylic acids is 1. The molecule has 7 nitrogen and oxygen atoms in total. The van der Waals surface area contributed by atoms with E-state index in [0.29, 0.717) is 5.01 Å². The molecule has 1 amide bonds. The summed E-state index contributed by atoms with van der Waals surface area (Å²) in [5.41, 5.74) is -0.581. The van der Waals surface area contributed by atoms with E-state index in [1.807, 2.05) is 0 Å². The molecule has 0 N–H and O–H groups in total. The van der Waals surface area contributed by atoms with E-state index in [2.05, 4.69) is 10.2 Å². The smallest absolute Gasteiger partial charge is 0.542 e. The predicted molar refractivity (Wildman–Crippen MR) is 61.9 cm³/mol. The predicted octanol–water partition coefficient (Wildman–Crippen LogP) is -2.73. The van der Waals surface area contributed by atoms with E-state index in [0.717, 1.165) is 11.3 Å². The number of amides is 1. The van der Waals surface area contributed by atoms with Crippen molar-refractivity contribution in [2.75, 3.05) is 7.05 Å². The summed E-state index contributed by atoms with van der Waals surface area (Å²) in [5, 5.41) is 17.8. The number of carbonyl (C=O) groups excluding carboxylic acids is 2. The van der Waals surface area contributed by atoms with Gasteiger partial charge in [0.15, 0.2) is 5.01 Å². The zero-order valence-corrected chi connectivity index (χ0v) is 14.4. The maximum Gasteiger partial charge on any atom is 1.00 e. The van der Waals surface area contributed by atoms with Gasteiger partial charge in [-0.1, -0.05) is 11.3 Å². The first-order valence-corrected chi connectivity index (χ1v) is 5.98. The van der Waals surface area contributed by atoms with Crippen molar-refractivity contribution in [3.05, 3.63) is 10.0 Å². The fraction of sp³-hybridized carbons (Fsp3) is 0.600. The minimum absolute atomic E-state index is 0. The molecule has 1 heterocycles. The number of carboxylic acid groups (broad SMARTS) is 1. The van der Waals surface area contributed by atoms with Gasteiger partial charge in [0.1, 0.15) is 16.6 Å². The number of ether oxygens (including phenoxy) is 1. The van der Waals surface area contributed by atoms with Gasteiger partial charge < -0.3 is 19.5 Å². The van der Waals surface area contributed by atoms with E-state index in [4.69, 9.17) is 4.74 Å². The third-order valence-corrected chi connectivity index (χ3v) is 2.61. The SMILES string of the molecule is CN(Cc1nnc(C(=O)[O-])s1)C(=O)OC(C)(C)C.[Na+]. The molecule has 100 valence electrons. The Morgan fingerprint density at radius 2 is 1.95 bits per heavy atom. The van der Waals surface area contributed by atoms with Gasteiger partial charge in [0.05, 0.1) is 6.54 Å². The molecule has 0 saturated heterocycles. The van der Waals surface area contributed by atoms with Crippen LogP contribution in [0.15, 0.2) is 0 Å². The van der Waals surface area contributed by atoms with Crippen molar-refractivity contribution in [3.63, 3.8) is 0 Å².